The SMILES string of the molecule is CNC(c1ccc(I)cc1)c1cnccc1C(F)(F)F. The molecule has 1 aromatic carbocycles. The molecule has 0 bridgehead atoms. The Balaban J connectivity index is 2.50. The number of benzene rings is 1. The number of halogens is 4. The number of nitrogens with one attached hydrogen (secondary N) is 1. The van der Waals surface area contributed by atoms with Crippen LogP contribution in [0.4, 0.5) is 13.2 Å². The topological polar surface area (TPSA) is 24.9 Å². The van der Waals surface area contributed by atoms with E-state index in [1.54, 1.807) is 7.05 Å². The highest BCUT2D eigenvalue weighted by Crippen LogP contribution is 2.35. The van der Waals surface area contributed by atoms with Crippen LogP contribution in [0.25, 0.3) is 0 Å². The van der Waals surface area contributed by atoms with Crippen molar-refractivity contribution in [3.05, 3.63) is 63.0 Å². The summed E-state index contributed by atoms with van der Waals surface area (Å²) in [5, 5.41) is 2.92. The maximum Gasteiger partial charge on any atom is 0.416 e. The van der Waals surface area contributed by atoms with E-state index in [9.17, 15) is 13.2 Å². The van der Waals surface area contributed by atoms with Crippen molar-refractivity contribution in [2.75, 3.05) is 7.05 Å². The van der Waals surface area contributed by atoms with Crippen molar-refractivity contribution in [1.82, 2.24) is 10.3 Å². The monoisotopic (exact) mass is 392 g/mol. The molecule has 6 heteroatoms. The number of pyridine rings is 1. The van der Waals surface area contributed by atoms with E-state index in [4.69, 9.17) is 0 Å². The van der Waals surface area contributed by atoms with E-state index in [0.29, 0.717) is 0 Å². The van der Waals surface area contributed by atoms with Gasteiger partial charge in [-0.15, -0.1) is 0 Å². The molecule has 20 heavy (non-hydrogen) atoms. The lowest BCUT2D eigenvalue weighted by Crippen LogP contribution is -2.22. The summed E-state index contributed by atoms with van der Waals surface area (Å²) >= 11 is 2.15. The van der Waals surface area contributed by atoms with Gasteiger partial charge in [-0.2, -0.15) is 13.2 Å². The maximum atomic E-state index is 13.1. The van der Waals surface area contributed by atoms with Crippen molar-refractivity contribution >= 4 is 22.6 Å². The molecular formula is C14H12F3IN2. The number of hydrogen-bond acceptors (Lipinski definition) is 2. The third-order valence-corrected chi connectivity index (χ3v) is 3.68. The molecule has 0 amide bonds. The van der Waals surface area contributed by atoms with Gasteiger partial charge in [0.15, 0.2) is 0 Å². The minimum absolute atomic E-state index is 0.128. The molecular weight excluding hydrogens is 380 g/mol. The predicted octanol–water partition coefficient (Wildman–Crippen LogP) is 4.01. The summed E-state index contributed by atoms with van der Waals surface area (Å²) in [4.78, 5) is 3.83. The van der Waals surface area contributed by atoms with E-state index >= 15 is 0 Å². The van der Waals surface area contributed by atoms with Gasteiger partial charge in [-0.25, -0.2) is 0 Å². The van der Waals surface area contributed by atoms with Crippen molar-refractivity contribution in [2.45, 2.75) is 12.2 Å². The summed E-state index contributed by atoms with van der Waals surface area (Å²) in [5.41, 5.74) is 0.237. The molecule has 0 aliphatic rings. The lowest BCUT2D eigenvalue weighted by Gasteiger charge is -2.21. The van der Waals surface area contributed by atoms with Crippen LogP contribution in [0.5, 0.6) is 0 Å². The van der Waals surface area contributed by atoms with Crippen molar-refractivity contribution in [2.24, 2.45) is 0 Å². The highest BCUT2D eigenvalue weighted by atomic mass is 127. The largest absolute Gasteiger partial charge is 0.416 e. The van der Waals surface area contributed by atoms with E-state index < -0.39 is 17.8 Å². The third-order valence-electron chi connectivity index (χ3n) is 2.96. The van der Waals surface area contributed by atoms with Crippen LogP contribution in [0, 0.1) is 3.57 Å². The van der Waals surface area contributed by atoms with E-state index in [2.05, 4.69) is 32.9 Å². The van der Waals surface area contributed by atoms with Gasteiger partial charge in [0.1, 0.15) is 0 Å². The molecule has 0 aliphatic carbocycles. The summed E-state index contributed by atoms with van der Waals surface area (Å²) < 4.78 is 40.2. The molecule has 106 valence electrons. The van der Waals surface area contributed by atoms with Gasteiger partial charge in [0.25, 0.3) is 0 Å². The van der Waals surface area contributed by atoms with Crippen LogP contribution >= 0.6 is 22.6 Å². The fraction of sp³-hybridized carbons (Fsp3) is 0.214. The number of rotatable bonds is 3. The first-order valence-electron chi connectivity index (χ1n) is 5.87. The second kappa shape index (κ2) is 6.09. The van der Waals surface area contributed by atoms with Crippen LogP contribution in [0.3, 0.4) is 0 Å². The van der Waals surface area contributed by atoms with E-state index in [-0.39, 0.29) is 5.56 Å². The molecule has 1 N–H and O–H groups in total. The molecule has 0 radical (unpaired) electrons. The Hall–Kier alpha value is -1.15. The van der Waals surface area contributed by atoms with E-state index in [1.807, 2.05) is 24.3 Å². The van der Waals surface area contributed by atoms with Crippen molar-refractivity contribution < 1.29 is 13.2 Å². The number of hydrogen-bond donors (Lipinski definition) is 1. The molecule has 1 unspecified atom stereocenters. The van der Waals surface area contributed by atoms with Crippen molar-refractivity contribution in [1.29, 1.82) is 0 Å². The predicted molar refractivity (Wildman–Crippen MR) is 79.3 cm³/mol. The average Bonchev–Trinajstić information content (AvgIpc) is 2.41. The van der Waals surface area contributed by atoms with Crippen LogP contribution in [0.2, 0.25) is 0 Å². The highest BCUT2D eigenvalue weighted by molar-refractivity contribution is 14.1. The van der Waals surface area contributed by atoms with E-state index in [1.165, 1.54) is 6.20 Å². The molecule has 2 nitrogen and oxygen atoms in total. The number of alkyl halides is 3. The molecule has 1 aromatic heterocycles. The zero-order valence-electron chi connectivity index (χ0n) is 10.6. The number of nitrogens with zero attached hydrogens (tertiary/aromatic N) is 1. The highest BCUT2D eigenvalue weighted by Gasteiger charge is 2.35. The van der Waals surface area contributed by atoms with Gasteiger partial charge in [0.2, 0.25) is 0 Å². The van der Waals surface area contributed by atoms with Gasteiger partial charge >= 0.3 is 6.18 Å². The fourth-order valence-electron chi connectivity index (χ4n) is 2.05. The molecule has 2 aromatic rings. The van der Waals surface area contributed by atoms with Crippen molar-refractivity contribution in [3.8, 4) is 0 Å². The Morgan fingerprint density at radius 3 is 2.35 bits per heavy atom. The minimum Gasteiger partial charge on any atom is -0.309 e. The average molecular weight is 392 g/mol. The van der Waals surface area contributed by atoms with Gasteiger partial charge in [-0.1, -0.05) is 12.1 Å². The molecule has 0 saturated carbocycles. The minimum atomic E-state index is -4.39. The van der Waals surface area contributed by atoms with Gasteiger partial charge in [0, 0.05) is 21.5 Å². The van der Waals surface area contributed by atoms with E-state index in [0.717, 1.165) is 21.4 Å². The maximum absolute atomic E-state index is 13.1. The van der Waals surface area contributed by atoms with Crippen LogP contribution in [-0.2, 0) is 6.18 Å². The summed E-state index contributed by atoms with van der Waals surface area (Å²) in [5.74, 6) is 0. The fourth-order valence-corrected chi connectivity index (χ4v) is 2.41. The van der Waals surface area contributed by atoms with Crippen LogP contribution in [0.1, 0.15) is 22.7 Å². The first-order valence-corrected chi connectivity index (χ1v) is 6.95. The molecule has 2 rings (SSSR count). The van der Waals surface area contributed by atoms with Crippen LogP contribution < -0.4 is 5.32 Å². The van der Waals surface area contributed by atoms with Gasteiger partial charge < -0.3 is 5.32 Å². The van der Waals surface area contributed by atoms with Gasteiger partial charge in [-0.3, -0.25) is 4.98 Å². The Morgan fingerprint density at radius 1 is 1.15 bits per heavy atom. The van der Waals surface area contributed by atoms with Gasteiger partial charge in [0.05, 0.1) is 11.6 Å². The molecule has 0 saturated heterocycles. The molecule has 1 heterocycles. The molecule has 0 spiro atoms. The lowest BCUT2D eigenvalue weighted by molar-refractivity contribution is -0.138. The summed E-state index contributed by atoms with van der Waals surface area (Å²) in [7, 11) is 1.63. The molecule has 0 fully saturated rings. The van der Waals surface area contributed by atoms with Crippen LogP contribution in [-0.4, -0.2) is 12.0 Å². The van der Waals surface area contributed by atoms with Crippen molar-refractivity contribution in [3.63, 3.8) is 0 Å². The Labute approximate surface area is 128 Å². The Bertz CT molecular complexity index is 582. The third kappa shape index (κ3) is 3.29. The molecule has 1 atom stereocenters. The van der Waals surface area contributed by atoms with Gasteiger partial charge in [-0.05, 0) is 53.4 Å². The molecule has 0 aliphatic heterocycles. The second-order valence-electron chi connectivity index (χ2n) is 4.23. The first-order chi connectivity index (χ1) is 9.43. The summed E-state index contributed by atoms with van der Waals surface area (Å²) in [6.07, 6.45) is -1.97. The zero-order valence-corrected chi connectivity index (χ0v) is 12.7. The first kappa shape index (κ1) is 15.2. The normalized spacial score (nSPS) is 13.2. The zero-order chi connectivity index (χ0) is 14.8. The van der Waals surface area contributed by atoms with Crippen LogP contribution in [0.15, 0.2) is 42.7 Å². The smallest absolute Gasteiger partial charge is 0.309 e. The standard InChI is InChI=1S/C14H12F3IN2/c1-19-13(9-2-4-10(18)5-3-9)11-8-20-7-6-12(11)14(15,16)17/h2-8,13,19H,1H3. The lowest BCUT2D eigenvalue weighted by atomic mass is 9.96. The number of aromatic nitrogens is 1. The second-order valence-corrected chi connectivity index (χ2v) is 5.48. The summed E-state index contributed by atoms with van der Waals surface area (Å²) in [6.45, 7) is 0. The summed E-state index contributed by atoms with van der Waals surface area (Å²) in [6, 6.07) is 7.82. The Kier molecular flexibility index (Phi) is 4.64. The Morgan fingerprint density at radius 2 is 1.80 bits per heavy atom. The quantitative estimate of drug-likeness (QED) is 0.799.